The van der Waals surface area contributed by atoms with Crippen LogP contribution < -0.4 is 4.74 Å². The zero-order chi connectivity index (χ0) is 15.1. The Morgan fingerprint density at radius 2 is 1.38 bits per heavy atom. The van der Waals surface area contributed by atoms with Crippen molar-refractivity contribution < 1.29 is 14.3 Å². The molecule has 2 aromatic carbocycles. The molecule has 0 fully saturated rings. The SMILES string of the molecule is COc1ccc(C(=O)C[Se]CC(=O)c2ccccc2)cc1. The first-order chi connectivity index (χ1) is 10.2. The molecule has 3 nitrogen and oxygen atoms in total. The molecule has 0 heterocycles. The molecule has 2 aromatic rings. The molecular formula is C17H16O3Se. The summed E-state index contributed by atoms with van der Waals surface area (Å²) in [6, 6.07) is 16.3. The Morgan fingerprint density at radius 3 is 1.90 bits per heavy atom. The van der Waals surface area contributed by atoms with E-state index in [1.165, 1.54) is 0 Å². The van der Waals surface area contributed by atoms with Crippen LogP contribution in [0.2, 0.25) is 10.6 Å². The number of methoxy groups -OCH3 is 1. The zero-order valence-corrected chi connectivity index (χ0v) is 13.5. The average molecular weight is 347 g/mol. The second-order valence-electron chi connectivity index (χ2n) is 4.43. The van der Waals surface area contributed by atoms with Gasteiger partial charge in [-0.15, -0.1) is 0 Å². The van der Waals surface area contributed by atoms with E-state index in [1.54, 1.807) is 31.4 Å². The number of hydrogen-bond acceptors (Lipinski definition) is 3. The fourth-order valence-electron chi connectivity index (χ4n) is 1.80. The second kappa shape index (κ2) is 7.77. The van der Waals surface area contributed by atoms with Gasteiger partial charge in [-0.3, -0.25) is 0 Å². The molecule has 0 N–H and O–H groups in total. The van der Waals surface area contributed by atoms with Gasteiger partial charge < -0.3 is 0 Å². The van der Waals surface area contributed by atoms with Crippen molar-refractivity contribution in [2.24, 2.45) is 0 Å². The van der Waals surface area contributed by atoms with Crippen LogP contribution in [0.25, 0.3) is 0 Å². The molecule has 4 heteroatoms. The van der Waals surface area contributed by atoms with Gasteiger partial charge in [-0.2, -0.15) is 0 Å². The third-order valence-corrected chi connectivity index (χ3v) is 4.93. The monoisotopic (exact) mass is 348 g/mol. The van der Waals surface area contributed by atoms with Gasteiger partial charge in [0, 0.05) is 0 Å². The third kappa shape index (κ3) is 4.55. The van der Waals surface area contributed by atoms with Crippen LogP contribution in [0.15, 0.2) is 54.6 Å². The van der Waals surface area contributed by atoms with E-state index < -0.39 is 0 Å². The molecule has 108 valence electrons. The van der Waals surface area contributed by atoms with Crippen molar-refractivity contribution in [3.63, 3.8) is 0 Å². The van der Waals surface area contributed by atoms with Gasteiger partial charge in [-0.25, -0.2) is 0 Å². The molecular weight excluding hydrogens is 331 g/mol. The molecule has 0 aliphatic rings. The summed E-state index contributed by atoms with van der Waals surface area (Å²) in [6.45, 7) is 0. The maximum absolute atomic E-state index is 12.0. The molecule has 0 unspecified atom stereocenters. The molecule has 2 rings (SSSR count). The van der Waals surface area contributed by atoms with Gasteiger partial charge in [0.1, 0.15) is 0 Å². The van der Waals surface area contributed by atoms with Crippen molar-refractivity contribution in [2.45, 2.75) is 10.6 Å². The predicted molar refractivity (Wildman–Crippen MR) is 83.5 cm³/mol. The third-order valence-electron chi connectivity index (χ3n) is 2.97. The van der Waals surface area contributed by atoms with Gasteiger partial charge in [0.05, 0.1) is 0 Å². The fraction of sp³-hybridized carbons (Fsp3) is 0.176. The quantitative estimate of drug-likeness (QED) is 0.570. The maximum atomic E-state index is 12.0. The van der Waals surface area contributed by atoms with Crippen molar-refractivity contribution >= 4 is 26.5 Å². The molecule has 0 aromatic heterocycles. The number of benzene rings is 2. The van der Waals surface area contributed by atoms with Gasteiger partial charge in [0.2, 0.25) is 0 Å². The van der Waals surface area contributed by atoms with Crippen LogP contribution in [-0.2, 0) is 0 Å². The Bertz CT molecular complexity index is 606. The number of hydrogen-bond donors (Lipinski definition) is 0. The Labute approximate surface area is 130 Å². The summed E-state index contributed by atoms with van der Waals surface area (Å²) in [4.78, 5) is 24.0. The molecule has 0 saturated heterocycles. The van der Waals surface area contributed by atoms with Gasteiger partial charge in [-0.1, -0.05) is 0 Å². The van der Waals surface area contributed by atoms with Crippen molar-refractivity contribution in [3.8, 4) is 5.75 Å². The fourth-order valence-corrected chi connectivity index (χ4v) is 3.50. The molecule has 0 spiro atoms. The summed E-state index contributed by atoms with van der Waals surface area (Å²) in [6.07, 6.45) is 0. The van der Waals surface area contributed by atoms with Crippen molar-refractivity contribution in [2.75, 3.05) is 7.11 Å². The summed E-state index contributed by atoms with van der Waals surface area (Å²) in [5.41, 5.74) is 1.39. The van der Waals surface area contributed by atoms with Gasteiger partial charge >= 0.3 is 130 Å². The minimum atomic E-state index is -0.00998. The van der Waals surface area contributed by atoms with E-state index in [-0.39, 0.29) is 26.5 Å². The van der Waals surface area contributed by atoms with E-state index in [2.05, 4.69) is 0 Å². The summed E-state index contributed by atoms with van der Waals surface area (Å²) < 4.78 is 5.06. The molecule has 0 bridgehead atoms. The van der Waals surface area contributed by atoms with Gasteiger partial charge in [-0.05, 0) is 0 Å². The van der Waals surface area contributed by atoms with Crippen molar-refractivity contribution in [1.82, 2.24) is 0 Å². The van der Waals surface area contributed by atoms with Crippen LogP contribution in [0.1, 0.15) is 20.7 Å². The van der Waals surface area contributed by atoms with Crippen molar-refractivity contribution in [1.29, 1.82) is 0 Å². The van der Waals surface area contributed by atoms with E-state index in [9.17, 15) is 9.59 Å². The number of ketones is 2. The first kappa shape index (κ1) is 15.5. The predicted octanol–water partition coefficient (Wildman–Crippen LogP) is 3.30. The van der Waals surface area contributed by atoms with Crippen LogP contribution in [0.4, 0.5) is 0 Å². The second-order valence-corrected chi connectivity index (χ2v) is 6.50. The minimum absolute atomic E-state index is 0.00998. The van der Waals surface area contributed by atoms with E-state index >= 15 is 0 Å². The van der Waals surface area contributed by atoms with Crippen LogP contribution in [0, 0.1) is 0 Å². The van der Waals surface area contributed by atoms with Crippen LogP contribution >= 0.6 is 0 Å². The molecule has 21 heavy (non-hydrogen) atoms. The topological polar surface area (TPSA) is 43.4 Å². The molecule has 0 saturated carbocycles. The summed E-state index contributed by atoms with van der Waals surface area (Å²) in [7, 11) is 1.59. The number of carbonyl (C=O) groups is 2. The Kier molecular flexibility index (Phi) is 5.73. The van der Waals surface area contributed by atoms with E-state index in [1.807, 2.05) is 30.3 Å². The normalized spacial score (nSPS) is 10.1. The Balaban J connectivity index is 1.82. The van der Waals surface area contributed by atoms with Crippen LogP contribution in [0.5, 0.6) is 5.75 Å². The van der Waals surface area contributed by atoms with Crippen LogP contribution in [-0.4, -0.2) is 33.6 Å². The molecule has 0 atom stereocenters. The molecule has 0 aliphatic carbocycles. The van der Waals surface area contributed by atoms with Gasteiger partial charge in [0.15, 0.2) is 0 Å². The summed E-state index contributed by atoms with van der Waals surface area (Å²) >= 11 is -0.00998. The number of rotatable bonds is 7. The number of carbonyl (C=O) groups excluding carboxylic acids is 2. The summed E-state index contributed by atoms with van der Waals surface area (Å²) in [5.74, 6) is 0.924. The van der Waals surface area contributed by atoms with Crippen molar-refractivity contribution in [3.05, 3.63) is 65.7 Å². The molecule has 0 amide bonds. The molecule has 0 aliphatic heterocycles. The Morgan fingerprint density at radius 1 is 0.857 bits per heavy atom. The number of ether oxygens (including phenoxy) is 1. The van der Waals surface area contributed by atoms with E-state index in [0.29, 0.717) is 16.2 Å². The number of Topliss-reactive ketones (excluding diaryl/α,β-unsaturated/α-hetero) is 2. The first-order valence-electron chi connectivity index (χ1n) is 6.54. The van der Waals surface area contributed by atoms with Crippen LogP contribution in [0.3, 0.4) is 0 Å². The van der Waals surface area contributed by atoms with E-state index in [4.69, 9.17) is 4.74 Å². The zero-order valence-electron chi connectivity index (χ0n) is 11.7. The average Bonchev–Trinajstić information content (AvgIpc) is 2.55. The van der Waals surface area contributed by atoms with Gasteiger partial charge in [0.25, 0.3) is 0 Å². The van der Waals surface area contributed by atoms with E-state index in [0.717, 1.165) is 11.3 Å². The Hall–Kier alpha value is -1.90. The molecule has 0 radical (unpaired) electrons. The standard InChI is InChI=1S/C17H16O3Se/c1-20-15-9-7-14(8-10-15)17(19)12-21-11-16(18)13-5-3-2-4-6-13/h2-10H,11-12H2,1H3. The summed E-state index contributed by atoms with van der Waals surface area (Å²) in [5, 5.41) is 0.900. The first-order valence-corrected chi connectivity index (χ1v) is 8.96.